The van der Waals surface area contributed by atoms with Gasteiger partial charge in [0.15, 0.2) is 0 Å². The van der Waals surface area contributed by atoms with Gasteiger partial charge in [0.2, 0.25) is 5.76 Å². The van der Waals surface area contributed by atoms with Gasteiger partial charge in [-0.15, -0.1) is 0 Å². The third kappa shape index (κ3) is 2.97. The second-order valence-electron chi connectivity index (χ2n) is 6.14. The van der Waals surface area contributed by atoms with Crippen molar-refractivity contribution >= 4 is 15.6 Å². The van der Waals surface area contributed by atoms with Gasteiger partial charge in [-0.1, -0.05) is 18.0 Å². The molecule has 0 bridgehead atoms. The summed E-state index contributed by atoms with van der Waals surface area (Å²) in [5, 5.41) is 4.04. The third-order valence-corrected chi connectivity index (χ3v) is 6.44. The Morgan fingerprint density at radius 3 is 2.76 bits per heavy atom. The van der Waals surface area contributed by atoms with E-state index in [-0.39, 0.29) is 23.5 Å². The Balaban J connectivity index is 1.70. The summed E-state index contributed by atoms with van der Waals surface area (Å²) < 4.78 is 24.6. The molecule has 3 rings (SSSR count). The van der Waals surface area contributed by atoms with Crippen molar-refractivity contribution in [2.24, 2.45) is 0 Å². The summed E-state index contributed by atoms with van der Waals surface area (Å²) in [6.45, 7) is 0. The van der Waals surface area contributed by atoms with Gasteiger partial charge in [-0.25, -0.2) is 4.21 Å². The van der Waals surface area contributed by atoms with Crippen LogP contribution in [0.1, 0.15) is 54.3 Å². The maximum atomic E-state index is 12.4. The van der Waals surface area contributed by atoms with E-state index in [0.29, 0.717) is 18.1 Å². The highest BCUT2D eigenvalue weighted by molar-refractivity contribution is 7.92. The van der Waals surface area contributed by atoms with Crippen molar-refractivity contribution < 1.29 is 13.5 Å². The molecule has 0 spiro atoms. The smallest absolute Gasteiger partial charge is 0.292 e. The van der Waals surface area contributed by atoms with Crippen molar-refractivity contribution in [2.45, 2.75) is 44.1 Å². The molecule has 1 aliphatic heterocycles. The van der Waals surface area contributed by atoms with Crippen LogP contribution in [0, 0.1) is 4.78 Å². The van der Waals surface area contributed by atoms with Crippen LogP contribution in [-0.4, -0.2) is 44.8 Å². The first-order valence-electron chi connectivity index (χ1n) is 7.44. The molecule has 2 aliphatic rings. The summed E-state index contributed by atoms with van der Waals surface area (Å²) in [5.74, 6) is 1.08. The predicted octanol–water partition coefficient (Wildman–Crippen LogP) is 2.22. The number of hydrogen-bond donors (Lipinski definition) is 1. The SMILES string of the molecule is CN(C(=O)c1cc(C2CCCC2)no1)C1CCS(=N)(=O)C1. The van der Waals surface area contributed by atoms with Crippen molar-refractivity contribution in [1.82, 2.24) is 10.1 Å². The van der Waals surface area contributed by atoms with Crippen LogP contribution >= 0.6 is 0 Å². The van der Waals surface area contributed by atoms with Gasteiger partial charge in [0.05, 0.1) is 11.4 Å². The first kappa shape index (κ1) is 14.6. The zero-order valence-electron chi connectivity index (χ0n) is 12.2. The van der Waals surface area contributed by atoms with E-state index < -0.39 is 9.73 Å². The van der Waals surface area contributed by atoms with E-state index in [9.17, 15) is 9.00 Å². The second kappa shape index (κ2) is 5.44. The first-order valence-corrected chi connectivity index (χ1v) is 9.34. The Labute approximate surface area is 124 Å². The van der Waals surface area contributed by atoms with Crippen LogP contribution in [0.2, 0.25) is 0 Å². The molecule has 116 valence electrons. The number of aromatic nitrogens is 1. The Bertz CT molecular complexity index is 632. The molecule has 1 aromatic heterocycles. The summed E-state index contributed by atoms with van der Waals surface area (Å²) >= 11 is 0. The number of rotatable bonds is 3. The van der Waals surface area contributed by atoms with Crippen molar-refractivity contribution in [3.8, 4) is 0 Å². The van der Waals surface area contributed by atoms with E-state index in [2.05, 4.69) is 5.16 Å². The standard InChI is InChI=1S/C14H21N3O3S/c1-17(11-6-7-21(15,19)9-11)14(18)13-8-12(16-20-13)10-4-2-3-5-10/h8,10-11,15H,2-7,9H2,1H3. The Hall–Kier alpha value is -1.37. The van der Waals surface area contributed by atoms with Gasteiger partial charge in [-0.2, -0.15) is 0 Å². The number of nitrogens with zero attached hydrogens (tertiary/aromatic N) is 2. The molecular formula is C14H21N3O3S. The first-order chi connectivity index (χ1) is 9.96. The number of nitrogens with one attached hydrogen (secondary N) is 1. The normalized spacial score (nSPS) is 29.9. The summed E-state index contributed by atoms with van der Waals surface area (Å²) in [4.78, 5) is 14.0. The monoisotopic (exact) mass is 311 g/mol. The lowest BCUT2D eigenvalue weighted by molar-refractivity contribution is 0.0705. The van der Waals surface area contributed by atoms with E-state index in [1.807, 2.05) is 0 Å². The van der Waals surface area contributed by atoms with Crippen LogP contribution in [0.15, 0.2) is 10.6 Å². The van der Waals surface area contributed by atoms with Gasteiger partial charge in [-0.05, 0) is 19.3 Å². The number of amides is 1. The molecule has 1 amide bonds. The molecule has 0 radical (unpaired) electrons. The lowest BCUT2D eigenvalue weighted by atomic mass is 10.0. The van der Waals surface area contributed by atoms with E-state index in [0.717, 1.165) is 18.5 Å². The summed E-state index contributed by atoms with van der Waals surface area (Å²) in [7, 11) is -0.818. The summed E-state index contributed by atoms with van der Waals surface area (Å²) in [5.41, 5.74) is 0.875. The minimum absolute atomic E-state index is 0.137. The molecule has 2 atom stereocenters. The minimum atomic E-state index is -2.50. The molecule has 7 heteroatoms. The van der Waals surface area contributed by atoms with E-state index in [1.54, 1.807) is 18.0 Å². The molecule has 6 nitrogen and oxygen atoms in total. The van der Waals surface area contributed by atoms with E-state index in [4.69, 9.17) is 9.30 Å². The van der Waals surface area contributed by atoms with Crippen molar-refractivity contribution in [3.63, 3.8) is 0 Å². The molecule has 1 saturated heterocycles. The fraction of sp³-hybridized carbons (Fsp3) is 0.714. The highest BCUT2D eigenvalue weighted by Crippen LogP contribution is 2.33. The number of hydrogen-bond acceptors (Lipinski definition) is 5. The average Bonchev–Trinajstić information content (AvgIpc) is 3.16. The van der Waals surface area contributed by atoms with Crippen LogP contribution in [0.3, 0.4) is 0 Å². The molecular weight excluding hydrogens is 290 g/mol. The number of carbonyl (C=O) groups is 1. The topological polar surface area (TPSA) is 87.3 Å². The highest BCUT2D eigenvalue weighted by Gasteiger charge is 2.32. The highest BCUT2D eigenvalue weighted by atomic mass is 32.2. The second-order valence-corrected chi connectivity index (χ2v) is 8.50. The van der Waals surface area contributed by atoms with Gasteiger partial charge in [-0.3, -0.25) is 9.57 Å². The quantitative estimate of drug-likeness (QED) is 0.927. The Morgan fingerprint density at radius 1 is 1.43 bits per heavy atom. The van der Waals surface area contributed by atoms with Crippen molar-refractivity contribution in [3.05, 3.63) is 17.5 Å². The van der Waals surface area contributed by atoms with Crippen molar-refractivity contribution in [1.29, 1.82) is 4.78 Å². The van der Waals surface area contributed by atoms with Gasteiger partial charge in [0.1, 0.15) is 0 Å². The van der Waals surface area contributed by atoms with Crippen molar-refractivity contribution in [2.75, 3.05) is 18.6 Å². The molecule has 0 aromatic carbocycles. The fourth-order valence-electron chi connectivity index (χ4n) is 3.25. The van der Waals surface area contributed by atoms with Gasteiger partial charge in [0, 0.05) is 40.6 Å². The molecule has 2 heterocycles. The Morgan fingerprint density at radius 2 is 2.14 bits per heavy atom. The fourth-order valence-corrected chi connectivity index (χ4v) is 5.08. The average molecular weight is 311 g/mol. The van der Waals surface area contributed by atoms with Gasteiger partial charge >= 0.3 is 0 Å². The van der Waals surface area contributed by atoms with E-state index in [1.165, 1.54) is 12.8 Å². The molecule has 1 saturated carbocycles. The Kier molecular flexibility index (Phi) is 3.77. The predicted molar refractivity (Wildman–Crippen MR) is 78.8 cm³/mol. The summed E-state index contributed by atoms with van der Waals surface area (Å²) in [6.07, 6.45) is 5.26. The molecule has 1 N–H and O–H groups in total. The molecule has 2 unspecified atom stereocenters. The number of carbonyl (C=O) groups excluding carboxylic acids is 1. The zero-order chi connectivity index (χ0) is 15.0. The molecule has 1 aliphatic carbocycles. The zero-order valence-corrected chi connectivity index (χ0v) is 13.0. The maximum absolute atomic E-state index is 12.4. The minimum Gasteiger partial charge on any atom is -0.351 e. The molecule has 21 heavy (non-hydrogen) atoms. The molecule has 2 fully saturated rings. The third-order valence-electron chi connectivity index (χ3n) is 4.62. The maximum Gasteiger partial charge on any atom is 0.292 e. The van der Waals surface area contributed by atoms with Crippen LogP contribution in [0.4, 0.5) is 0 Å². The summed E-state index contributed by atoms with van der Waals surface area (Å²) in [6, 6.07) is 1.62. The lowest BCUT2D eigenvalue weighted by Gasteiger charge is -2.22. The van der Waals surface area contributed by atoms with Gasteiger partial charge < -0.3 is 9.42 Å². The lowest BCUT2D eigenvalue weighted by Crippen LogP contribution is -2.37. The van der Waals surface area contributed by atoms with Crippen LogP contribution in [0.5, 0.6) is 0 Å². The molecule has 1 aromatic rings. The van der Waals surface area contributed by atoms with Crippen LogP contribution in [-0.2, 0) is 9.73 Å². The van der Waals surface area contributed by atoms with E-state index >= 15 is 0 Å². The van der Waals surface area contributed by atoms with Crippen LogP contribution in [0.25, 0.3) is 0 Å². The van der Waals surface area contributed by atoms with Gasteiger partial charge in [0.25, 0.3) is 5.91 Å². The van der Waals surface area contributed by atoms with Crippen LogP contribution < -0.4 is 0 Å². The largest absolute Gasteiger partial charge is 0.351 e.